The van der Waals surface area contributed by atoms with Crippen LogP contribution in [0.4, 0.5) is 5.69 Å². The average Bonchev–Trinajstić information content (AvgIpc) is 2.94. The second kappa shape index (κ2) is 12.9. The number of nitrogens with zero attached hydrogens (tertiary/aromatic N) is 1. The number of carbonyl (C=O) groups excluding carboxylic acids is 1. The molecule has 0 saturated heterocycles. The lowest BCUT2D eigenvalue weighted by atomic mass is 10.0. The first-order chi connectivity index (χ1) is 18.3. The number of carboxylic acids is 1. The molecule has 2 atom stereocenters. The SMILES string of the molecule is COc1cc(O[C@H](C)C(=O)O)c([C@@H](Nc2ccc(/C(N)=N/O)cc2)C(=O)NCc2ccccc2)cc1OC. The fourth-order valence-electron chi connectivity index (χ4n) is 3.58. The van der Waals surface area contributed by atoms with Gasteiger partial charge in [-0.15, -0.1) is 0 Å². The molecule has 3 rings (SSSR count). The molecule has 3 aromatic carbocycles. The van der Waals surface area contributed by atoms with Crippen LogP contribution in [0.15, 0.2) is 71.9 Å². The van der Waals surface area contributed by atoms with Gasteiger partial charge in [0.1, 0.15) is 11.8 Å². The summed E-state index contributed by atoms with van der Waals surface area (Å²) in [7, 11) is 2.89. The Morgan fingerprint density at radius 1 is 0.974 bits per heavy atom. The van der Waals surface area contributed by atoms with Crippen LogP contribution >= 0.6 is 0 Å². The minimum Gasteiger partial charge on any atom is -0.493 e. The van der Waals surface area contributed by atoms with Crippen LogP contribution in [0.1, 0.15) is 29.7 Å². The number of hydrogen-bond donors (Lipinski definition) is 5. The number of oxime groups is 1. The zero-order valence-corrected chi connectivity index (χ0v) is 21.2. The molecule has 3 aromatic rings. The Kier molecular flexibility index (Phi) is 9.36. The van der Waals surface area contributed by atoms with Crippen molar-refractivity contribution >= 4 is 23.4 Å². The Morgan fingerprint density at radius 3 is 2.18 bits per heavy atom. The van der Waals surface area contributed by atoms with Gasteiger partial charge in [0.15, 0.2) is 23.4 Å². The Morgan fingerprint density at radius 2 is 1.61 bits per heavy atom. The van der Waals surface area contributed by atoms with Crippen molar-refractivity contribution in [3.63, 3.8) is 0 Å². The summed E-state index contributed by atoms with van der Waals surface area (Å²) >= 11 is 0. The summed E-state index contributed by atoms with van der Waals surface area (Å²) < 4.78 is 16.5. The average molecular weight is 523 g/mol. The van der Waals surface area contributed by atoms with Gasteiger partial charge >= 0.3 is 5.97 Å². The maximum Gasteiger partial charge on any atom is 0.344 e. The van der Waals surface area contributed by atoms with E-state index in [-0.39, 0.29) is 18.1 Å². The molecule has 6 N–H and O–H groups in total. The third kappa shape index (κ3) is 6.84. The van der Waals surface area contributed by atoms with Crippen LogP contribution in [0, 0.1) is 0 Å². The van der Waals surface area contributed by atoms with Crippen LogP contribution in [-0.4, -0.2) is 48.3 Å². The number of aliphatic carboxylic acids is 1. The molecule has 0 heterocycles. The first-order valence-electron chi connectivity index (χ1n) is 11.6. The van der Waals surface area contributed by atoms with Gasteiger partial charge in [-0.25, -0.2) is 4.79 Å². The van der Waals surface area contributed by atoms with Crippen molar-refractivity contribution in [1.29, 1.82) is 0 Å². The Labute approximate surface area is 219 Å². The first kappa shape index (κ1) is 27.7. The lowest BCUT2D eigenvalue weighted by molar-refractivity contribution is -0.144. The third-order valence-electron chi connectivity index (χ3n) is 5.65. The lowest BCUT2D eigenvalue weighted by Gasteiger charge is -2.25. The molecule has 0 spiro atoms. The van der Waals surface area contributed by atoms with Gasteiger partial charge in [0, 0.05) is 29.4 Å². The second-order valence-electron chi connectivity index (χ2n) is 8.19. The molecule has 0 aliphatic carbocycles. The van der Waals surface area contributed by atoms with Crippen LogP contribution in [0.5, 0.6) is 17.2 Å². The topological polar surface area (TPSA) is 165 Å². The van der Waals surface area contributed by atoms with Crippen molar-refractivity contribution in [2.24, 2.45) is 10.9 Å². The largest absolute Gasteiger partial charge is 0.493 e. The number of anilines is 1. The van der Waals surface area contributed by atoms with Gasteiger partial charge in [0.05, 0.1) is 14.2 Å². The Hall–Kier alpha value is -4.93. The van der Waals surface area contributed by atoms with Crippen molar-refractivity contribution in [2.75, 3.05) is 19.5 Å². The fraction of sp³-hybridized carbons (Fsp3) is 0.222. The van der Waals surface area contributed by atoms with Gasteiger partial charge in [-0.2, -0.15) is 0 Å². The molecule has 200 valence electrons. The standard InChI is InChI=1S/C27H30N4O7/c1-16(27(33)34)38-21-14-23(37-3)22(36-2)13-20(21)24(26(32)29-15-17-7-5-4-6-8-17)30-19-11-9-18(10-12-19)25(28)31-35/h4-14,16,24,30,35H,15H2,1-3H3,(H2,28,31)(H,29,32)(H,33,34)/t16-,24-/m1/s1. The van der Waals surface area contributed by atoms with E-state index >= 15 is 0 Å². The van der Waals surface area contributed by atoms with Gasteiger partial charge in [-0.3, -0.25) is 4.79 Å². The summed E-state index contributed by atoms with van der Waals surface area (Å²) in [5, 5.41) is 27.4. The number of hydrogen-bond acceptors (Lipinski definition) is 8. The molecule has 0 aliphatic heterocycles. The smallest absolute Gasteiger partial charge is 0.344 e. The van der Waals surface area contributed by atoms with Crippen molar-refractivity contribution in [2.45, 2.75) is 25.6 Å². The van der Waals surface area contributed by atoms with E-state index in [9.17, 15) is 14.7 Å². The number of ether oxygens (including phenoxy) is 3. The molecule has 38 heavy (non-hydrogen) atoms. The zero-order valence-electron chi connectivity index (χ0n) is 21.2. The summed E-state index contributed by atoms with van der Waals surface area (Å²) in [6.45, 7) is 1.64. The predicted octanol–water partition coefficient (Wildman–Crippen LogP) is 3.12. The maximum absolute atomic E-state index is 13.6. The predicted molar refractivity (Wildman–Crippen MR) is 141 cm³/mol. The van der Waals surface area contributed by atoms with Gasteiger partial charge in [0.2, 0.25) is 5.91 Å². The van der Waals surface area contributed by atoms with Crippen molar-refractivity contribution in [1.82, 2.24) is 5.32 Å². The van der Waals surface area contributed by atoms with Crippen molar-refractivity contribution in [3.8, 4) is 17.2 Å². The van der Waals surface area contributed by atoms with E-state index < -0.39 is 24.0 Å². The fourth-order valence-corrected chi connectivity index (χ4v) is 3.58. The first-order valence-corrected chi connectivity index (χ1v) is 11.6. The Balaban J connectivity index is 2.05. The van der Waals surface area contributed by atoms with E-state index in [0.717, 1.165) is 5.56 Å². The minimum absolute atomic E-state index is 0.0630. The molecule has 11 nitrogen and oxygen atoms in total. The van der Waals surface area contributed by atoms with E-state index in [1.165, 1.54) is 27.2 Å². The molecule has 0 bridgehead atoms. The van der Waals surface area contributed by atoms with Gasteiger partial charge in [-0.05, 0) is 42.8 Å². The lowest BCUT2D eigenvalue weighted by Crippen LogP contribution is -2.34. The molecule has 11 heteroatoms. The molecular formula is C27H30N4O7. The van der Waals surface area contributed by atoms with Crippen LogP contribution in [0.25, 0.3) is 0 Å². The highest BCUT2D eigenvalue weighted by molar-refractivity contribution is 5.97. The van der Waals surface area contributed by atoms with Crippen LogP contribution in [-0.2, 0) is 16.1 Å². The van der Waals surface area contributed by atoms with Crippen LogP contribution in [0.3, 0.4) is 0 Å². The quantitative estimate of drug-likeness (QED) is 0.104. The van der Waals surface area contributed by atoms with Gasteiger partial charge in [0.25, 0.3) is 0 Å². The molecule has 1 amide bonds. The molecule has 0 fully saturated rings. The van der Waals surface area contributed by atoms with E-state index in [1.807, 2.05) is 30.3 Å². The zero-order chi connectivity index (χ0) is 27.7. The minimum atomic E-state index is -1.21. The highest BCUT2D eigenvalue weighted by atomic mass is 16.5. The number of rotatable bonds is 12. The normalized spacial score (nSPS) is 12.7. The van der Waals surface area contributed by atoms with Crippen LogP contribution in [0.2, 0.25) is 0 Å². The summed E-state index contributed by atoms with van der Waals surface area (Å²) in [5.74, 6) is -0.903. The molecule has 0 aliphatic rings. The number of amidine groups is 1. The number of carbonyl (C=O) groups is 2. The highest BCUT2D eigenvalue weighted by Crippen LogP contribution is 2.39. The van der Waals surface area contributed by atoms with E-state index in [1.54, 1.807) is 30.3 Å². The number of benzene rings is 3. The van der Waals surface area contributed by atoms with Crippen molar-refractivity contribution in [3.05, 3.63) is 83.4 Å². The summed E-state index contributed by atoms with van der Waals surface area (Å²) in [5.41, 5.74) is 7.88. The molecule has 0 saturated carbocycles. The summed E-state index contributed by atoms with van der Waals surface area (Å²) in [4.78, 5) is 25.1. The second-order valence-corrected chi connectivity index (χ2v) is 8.19. The maximum atomic E-state index is 13.6. The number of nitrogens with one attached hydrogen (secondary N) is 2. The van der Waals surface area contributed by atoms with Crippen LogP contribution < -0.4 is 30.6 Å². The van der Waals surface area contributed by atoms with Gasteiger partial charge in [-0.1, -0.05) is 35.5 Å². The summed E-state index contributed by atoms with van der Waals surface area (Å²) in [6.07, 6.45) is -1.21. The molecular weight excluding hydrogens is 492 g/mol. The highest BCUT2D eigenvalue weighted by Gasteiger charge is 2.28. The number of carboxylic acid groups (broad SMARTS) is 1. The Bertz CT molecular complexity index is 1280. The van der Waals surface area contributed by atoms with E-state index in [4.69, 9.17) is 25.2 Å². The third-order valence-corrected chi connectivity index (χ3v) is 5.65. The monoisotopic (exact) mass is 522 g/mol. The van der Waals surface area contributed by atoms with E-state index in [2.05, 4.69) is 15.8 Å². The number of amides is 1. The van der Waals surface area contributed by atoms with Crippen molar-refractivity contribution < 1.29 is 34.1 Å². The molecule has 0 aromatic heterocycles. The summed E-state index contributed by atoms with van der Waals surface area (Å²) in [6, 6.07) is 17.9. The van der Waals surface area contributed by atoms with E-state index in [0.29, 0.717) is 28.3 Å². The van der Waals surface area contributed by atoms with Gasteiger partial charge < -0.3 is 40.9 Å². The number of nitrogens with two attached hydrogens (primary N) is 1. The molecule has 0 unspecified atom stereocenters. The number of methoxy groups -OCH3 is 2. The molecule has 0 radical (unpaired) electrons.